The van der Waals surface area contributed by atoms with Gasteiger partial charge in [0, 0.05) is 5.56 Å². The summed E-state index contributed by atoms with van der Waals surface area (Å²) in [4.78, 5) is 22.3. The number of rotatable bonds is 4. The number of nitrogens with one attached hydrogen (secondary N) is 1. The first-order valence-corrected chi connectivity index (χ1v) is 5.89. The normalized spacial score (nSPS) is 10.1. The average Bonchev–Trinajstić information content (AvgIpc) is 2.30. The van der Waals surface area contributed by atoms with E-state index in [1.807, 2.05) is 6.92 Å². The standard InChI is InChI=1S/C11H12Cl2N2O2/c1-2-6-7(11(14)17)3-4-8(10(6)13)15-9(16)5-12/h3-4H,2,5H2,1H3,(H2,14,17)(H,15,16). The number of amides is 2. The van der Waals surface area contributed by atoms with Gasteiger partial charge in [0.2, 0.25) is 11.8 Å². The topological polar surface area (TPSA) is 72.2 Å². The summed E-state index contributed by atoms with van der Waals surface area (Å²) in [6, 6.07) is 3.07. The van der Waals surface area contributed by atoms with Gasteiger partial charge in [0.25, 0.3) is 0 Å². The summed E-state index contributed by atoms with van der Waals surface area (Å²) in [6.07, 6.45) is 0.543. The van der Waals surface area contributed by atoms with Crippen LogP contribution in [-0.4, -0.2) is 17.7 Å². The van der Waals surface area contributed by atoms with E-state index in [0.717, 1.165) is 0 Å². The van der Waals surface area contributed by atoms with Gasteiger partial charge in [0.05, 0.1) is 10.7 Å². The number of anilines is 1. The number of benzene rings is 1. The number of nitrogens with two attached hydrogens (primary N) is 1. The minimum Gasteiger partial charge on any atom is -0.366 e. The van der Waals surface area contributed by atoms with E-state index in [0.29, 0.717) is 28.3 Å². The number of alkyl halides is 1. The summed E-state index contributed by atoms with van der Waals surface area (Å²) < 4.78 is 0. The second kappa shape index (κ2) is 5.89. The van der Waals surface area contributed by atoms with Crippen molar-refractivity contribution in [1.82, 2.24) is 0 Å². The summed E-state index contributed by atoms with van der Waals surface area (Å²) in [7, 11) is 0. The van der Waals surface area contributed by atoms with Crippen molar-refractivity contribution in [1.29, 1.82) is 0 Å². The predicted molar refractivity (Wildman–Crippen MR) is 68.7 cm³/mol. The van der Waals surface area contributed by atoms with Crippen LogP contribution in [0.1, 0.15) is 22.8 Å². The highest BCUT2D eigenvalue weighted by Gasteiger charge is 2.14. The molecule has 0 aliphatic heterocycles. The van der Waals surface area contributed by atoms with Gasteiger partial charge in [-0.15, -0.1) is 11.6 Å². The van der Waals surface area contributed by atoms with Crippen LogP contribution < -0.4 is 11.1 Å². The van der Waals surface area contributed by atoms with Crippen LogP contribution in [0.15, 0.2) is 12.1 Å². The van der Waals surface area contributed by atoms with Crippen LogP contribution in [0.5, 0.6) is 0 Å². The Morgan fingerprint density at radius 1 is 1.41 bits per heavy atom. The molecule has 4 nitrogen and oxygen atoms in total. The molecule has 0 radical (unpaired) electrons. The molecule has 0 bridgehead atoms. The van der Waals surface area contributed by atoms with Crippen LogP contribution >= 0.6 is 23.2 Å². The summed E-state index contributed by atoms with van der Waals surface area (Å²) in [6.45, 7) is 1.85. The first-order valence-electron chi connectivity index (χ1n) is 4.98. The minimum absolute atomic E-state index is 0.157. The van der Waals surface area contributed by atoms with Gasteiger partial charge in [-0.3, -0.25) is 9.59 Å². The molecule has 2 amide bonds. The highest BCUT2D eigenvalue weighted by molar-refractivity contribution is 6.36. The second-order valence-corrected chi connectivity index (χ2v) is 4.00. The van der Waals surface area contributed by atoms with E-state index in [9.17, 15) is 9.59 Å². The Labute approximate surface area is 109 Å². The van der Waals surface area contributed by atoms with Gasteiger partial charge >= 0.3 is 0 Å². The van der Waals surface area contributed by atoms with Crippen molar-refractivity contribution in [3.63, 3.8) is 0 Å². The quantitative estimate of drug-likeness (QED) is 0.826. The van der Waals surface area contributed by atoms with Crippen molar-refractivity contribution in [3.05, 3.63) is 28.3 Å². The predicted octanol–water partition coefficient (Wildman–Crippen LogP) is 2.18. The summed E-state index contributed by atoms with van der Waals surface area (Å²) in [5, 5.41) is 2.87. The molecule has 1 aromatic rings. The number of carbonyl (C=O) groups is 2. The molecule has 0 aliphatic carbocycles. The lowest BCUT2D eigenvalue weighted by atomic mass is 10.0. The Balaban J connectivity index is 3.20. The van der Waals surface area contributed by atoms with Gasteiger partial charge in [-0.25, -0.2) is 0 Å². The van der Waals surface area contributed by atoms with Crippen LogP contribution in [0.25, 0.3) is 0 Å². The zero-order chi connectivity index (χ0) is 13.0. The molecule has 1 rings (SSSR count). The molecule has 0 unspecified atom stereocenters. The van der Waals surface area contributed by atoms with E-state index in [4.69, 9.17) is 28.9 Å². The average molecular weight is 275 g/mol. The van der Waals surface area contributed by atoms with Crippen molar-refractivity contribution in [3.8, 4) is 0 Å². The Morgan fingerprint density at radius 2 is 2.06 bits per heavy atom. The van der Waals surface area contributed by atoms with Crippen molar-refractivity contribution in [2.75, 3.05) is 11.2 Å². The fraction of sp³-hybridized carbons (Fsp3) is 0.273. The number of primary amides is 1. The van der Waals surface area contributed by atoms with E-state index in [1.54, 1.807) is 0 Å². The zero-order valence-corrected chi connectivity index (χ0v) is 10.7. The maximum atomic E-state index is 11.2. The summed E-state index contributed by atoms with van der Waals surface area (Å²) >= 11 is 11.5. The monoisotopic (exact) mass is 274 g/mol. The lowest BCUT2D eigenvalue weighted by Gasteiger charge is -2.12. The van der Waals surface area contributed by atoms with Gasteiger partial charge in [-0.05, 0) is 24.1 Å². The molecular weight excluding hydrogens is 263 g/mol. The summed E-state index contributed by atoms with van der Waals surface area (Å²) in [5.41, 5.74) is 6.64. The van der Waals surface area contributed by atoms with Crippen molar-refractivity contribution < 1.29 is 9.59 Å². The van der Waals surface area contributed by atoms with E-state index < -0.39 is 5.91 Å². The molecule has 0 aromatic heterocycles. The van der Waals surface area contributed by atoms with Gasteiger partial charge in [0.1, 0.15) is 5.88 Å². The number of carbonyl (C=O) groups excluding carboxylic acids is 2. The maximum Gasteiger partial charge on any atom is 0.249 e. The third-order valence-electron chi connectivity index (χ3n) is 2.26. The van der Waals surface area contributed by atoms with Crippen LogP contribution in [0.2, 0.25) is 5.02 Å². The van der Waals surface area contributed by atoms with Crippen LogP contribution in [0.4, 0.5) is 5.69 Å². The SMILES string of the molecule is CCc1c(C(N)=O)ccc(NC(=O)CCl)c1Cl. The molecule has 0 fully saturated rings. The Bertz CT molecular complexity index is 461. The highest BCUT2D eigenvalue weighted by Crippen LogP contribution is 2.29. The van der Waals surface area contributed by atoms with Crippen LogP contribution in [-0.2, 0) is 11.2 Å². The number of halogens is 2. The van der Waals surface area contributed by atoms with Gasteiger partial charge in [-0.1, -0.05) is 18.5 Å². The molecule has 0 heterocycles. The maximum absolute atomic E-state index is 11.2. The number of hydrogen-bond acceptors (Lipinski definition) is 2. The fourth-order valence-corrected chi connectivity index (χ4v) is 1.89. The van der Waals surface area contributed by atoms with E-state index in [2.05, 4.69) is 5.32 Å². The van der Waals surface area contributed by atoms with Crippen molar-refractivity contribution in [2.24, 2.45) is 5.73 Å². The Hall–Kier alpha value is -1.26. The van der Waals surface area contributed by atoms with Gasteiger partial charge in [-0.2, -0.15) is 0 Å². The lowest BCUT2D eigenvalue weighted by Crippen LogP contribution is -2.16. The smallest absolute Gasteiger partial charge is 0.249 e. The molecular formula is C11H12Cl2N2O2. The molecule has 0 spiro atoms. The van der Waals surface area contributed by atoms with Crippen molar-refractivity contribution in [2.45, 2.75) is 13.3 Å². The molecule has 0 atom stereocenters. The third-order valence-corrected chi connectivity index (χ3v) is 2.93. The largest absolute Gasteiger partial charge is 0.366 e. The first-order chi connectivity index (χ1) is 8.01. The second-order valence-electron chi connectivity index (χ2n) is 3.35. The van der Waals surface area contributed by atoms with E-state index in [-0.39, 0.29) is 11.8 Å². The third kappa shape index (κ3) is 3.11. The molecule has 92 valence electrons. The molecule has 6 heteroatoms. The van der Waals surface area contributed by atoms with Crippen LogP contribution in [0, 0.1) is 0 Å². The van der Waals surface area contributed by atoms with Gasteiger partial charge in [0.15, 0.2) is 0 Å². The molecule has 3 N–H and O–H groups in total. The Morgan fingerprint density at radius 3 is 2.53 bits per heavy atom. The molecule has 0 aliphatic rings. The first kappa shape index (κ1) is 13.8. The molecule has 0 saturated heterocycles. The lowest BCUT2D eigenvalue weighted by molar-refractivity contribution is -0.113. The fourth-order valence-electron chi connectivity index (χ4n) is 1.48. The van der Waals surface area contributed by atoms with Crippen molar-refractivity contribution >= 4 is 40.7 Å². The highest BCUT2D eigenvalue weighted by atomic mass is 35.5. The van der Waals surface area contributed by atoms with Crippen LogP contribution in [0.3, 0.4) is 0 Å². The minimum atomic E-state index is -0.543. The summed E-state index contributed by atoms with van der Waals surface area (Å²) in [5.74, 6) is -1.06. The Kier molecular flexibility index (Phi) is 4.78. The van der Waals surface area contributed by atoms with E-state index >= 15 is 0 Å². The van der Waals surface area contributed by atoms with E-state index in [1.165, 1.54) is 12.1 Å². The number of hydrogen-bond donors (Lipinski definition) is 2. The molecule has 17 heavy (non-hydrogen) atoms. The molecule has 1 aromatic carbocycles. The van der Waals surface area contributed by atoms with Gasteiger partial charge < -0.3 is 11.1 Å². The molecule has 0 saturated carbocycles. The zero-order valence-electron chi connectivity index (χ0n) is 9.22.